The van der Waals surface area contributed by atoms with E-state index in [4.69, 9.17) is 10.8 Å². The zero-order chi connectivity index (χ0) is 15.6. The fourth-order valence-corrected chi connectivity index (χ4v) is 2.51. The second-order valence-electron chi connectivity index (χ2n) is 5.45. The van der Waals surface area contributed by atoms with Gasteiger partial charge in [0, 0.05) is 24.7 Å². The Labute approximate surface area is 121 Å². The number of hydrogen-bond donors (Lipinski definition) is 2. The molecule has 0 bridgehead atoms. The third kappa shape index (κ3) is 3.04. The molecule has 1 saturated heterocycles. The lowest BCUT2D eigenvalue weighted by molar-refractivity contribution is -0.131. The van der Waals surface area contributed by atoms with Crippen molar-refractivity contribution in [1.29, 1.82) is 0 Å². The first-order valence-electron chi connectivity index (χ1n) is 6.58. The van der Waals surface area contributed by atoms with Crippen molar-refractivity contribution in [2.24, 2.45) is 11.1 Å². The molecule has 1 amide bonds. The number of carboxylic acid groups (broad SMARTS) is 1. The van der Waals surface area contributed by atoms with Crippen LogP contribution < -0.4 is 10.6 Å². The molecule has 0 aromatic heterocycles. The van der Waals surface area contributed by atoms with Crippen LogP contribution in [0.4, 0.5) is 10.1 Å². The number of nitrogens with two attached hydrogens (primary N) is 1. The van der Waals surface area contributed by atoms with Crippen LogP contribution in [0.2, 0.25) is 0 Å². The van der Waals surface area contributed by atoms with Crippen molar-refractivity contribution >= 4 is 23.6 Å². The van der Waals surface area contributed by atoms with Crippen molar-refractivity contribution < 1.29 is 19.1 Å². The molecule has 112 valence electrons. The minimum absolute atomic E-state index is 0.306. The van der Waals surface area contributed by atoms with Gasteiger partial charge in [-0.05, 0) is 25.5 Å². The maximum absolute atomic E-state index is 14.1. The largest absolute Gasteiger partial charge is 0.478 e. The number of amides is 1. The molecule has 1 aliphatic heterocycles. The van der Waals surface area contributed by atoms with Gasteiger partial charge < -0.3 is 15.7 Å². The van der Waals surface area contributed by atoms with Crippen LogP contribution in [0.15, 0.2) is 24.3 Å². The van der Waals surface area contributed by atoms with Crippen LogP contribution in [0.25, 0.3) is 6.08 Å². The number of carboxylic acids is 1. The molecule has 1 aromatic carbocycles. The van der Waals surface area contributed by atoms with Crippen LogP contribution in [0, 0.1) is 11.2 Å². The van der Waals surface area contributed by atoms with E-state index in [1.807, 2.05) is 0 Å². The molecule has 6 heteroatoms. The van der Waals surface area contributed by atoms with Crippen molar-refractivity contribution in [3.63, 3.8) is 0 Å². The van der Waals surface area contributed by atoms with Crippen LogP contribution in [-0.2, 0) is 9.59 Å². The van der Waals surface area contributed by atoms with Gasteiger partial charge in [0.15, 0.2) is 0 Å². The zero-order valence-electron chi connectivity index (χ0n) is 11.7. The van der Waals surface area contributed by atoms with E-state index in [9.17, 15) is 14.0 Å². The van der Waals surface area contributed by atoms with Gasteiger partial charge in [-0.3, -0.25) is 4.79 Å². The number of carbonyl (C=O) groups excluding carboxylic acids is 1. The van der Waals surface area contributed by atoms with Gasteiger partial charge in [0.05, 0.1) is 11.1 Å². The van der Waals surface area contributed by atoms with Gasteiger partial charge in [-0.25, -0.2) is 9.18 Å². The Morgan fingerprint density at radius 3 is 2.76 bits per heavy atom. The molecule has 0 saturated carbocycles. The molecule has 1 heterocycles. The van der Waals surface area contributed by atoms with Crippen molar-refractivity contribution in [3.05, 3.63) is 35.7 Å². The van der Waals surface area contributed by atoms with Gasteiger partial charge in [0.2, 0.25) is 5.91 Å². The summed E-state index contributed by atoms with van der Waals surface area (Å²) in [6.45, 7) is 2.56. The molecular formula is C15H17FN2O3. The summed E-state index contributed by atoms with van der Waals surface area (Å²) in [4.78, 5) is 23.9. The molecular weight excluding hydrogens is 275 g/mol. The molecule has 0 spiro atoms. The molecule has 3 N–H and O–H groups in total. The number of anilines is 1. The van der Waals surface area contributed by atoms with E-state index in [0.29, 0.717) is 30.8 Å². The second kappa shape index (κ2) is 5.55. The Hall–Kier alpha value is -2.37. The Morgan fingerprint density at radius 2 is 2.19 bits per heavy atom. The van der Waals surface area contributed by atoms with Gasteiger partial charge >= 0.3 is 5.97 Å². The quantitative estimate of drug-likeness (QED) is 0.826. The second-order valence-corrected chi connectivity index (χ2v) is 5.45. The molecule has 0 radical (unpaired) electrons. The van der Waals surface area contributed by atoms with Crippen LogP contribution in [0.5, 0.6) is 0 Å². The molecule has 1 aromatic rings. The lowest BCUT2D eigenvalue weighted by Gasteiger charge is -2.24. The number of rotatable bonds is 4. The highest BCUT2D eigenvalue weighted by Gasteiger charge is 2.40. The van der Waals surface area contributed by atoms with Gasteiger partial charge in [0.1, 0.15) is 5.82 Å². The maximum Gasteiger partial charge on any atom is 0.328 e. The van der Waals surface area contributed by atoms with Gasteiger partial charge in [-0.1, -0.05) is 12.1 Å². The third-order valence-corrected chi connectivity index (χ3v) is 3.81. The Bertz CT molecular complexity index is 615. The molecule has 5 nitrogen and oxygen atoms in total. The summed E-state index contributed by atoms with van der Waals surface area (Å²) in [5.74, 6) is -1.96. The van der Waals surface area contributed by atoms with Crippen molar-refractivity contribution in [2.75, 3.05) is 18.0 Å². The summed E-state index contributed by atoms with van der Waals surface area (Å²) in [7, 11) is 0. The van der Waals surface area contributed by atoms with Crippen molar-refractivity contribution in [2.45, 2.75) is 13.3 Å². The summed E-state index contributed by atoms with van der Waals surface area (Å²) in [6.07, 6.45) is 2.85. The molecule has 2 rings (SSSR count). The molecule has 1 atom stereocenters. The summed E-state index contributed by atoms with van der Waals surface area (Å²) in [5, 5.41) is 8.70. The number of benzene rings is 1. The third-order valence-electron chi connectivity index (χ3n) is 3.81. The van der Waals surface area contributed by atoms with Crippen molar-refractivity contribution in [1.82, 2.24) is 0 Å². The fraction of sp³-hybridized carbons (Fsp3) is 0.333. The van der Waals surface area contributed by atoms with E-state index in [2.05, 4.69) is 0 Å². The predicted octanol–water partition coefficient (Wildman–Crippen LogP) is 1.63. The Balaban J connectivity index is 2.36. The number of primary amides is 1. The monoisotopic (exact) mass is 292 g/mol. The van der Waals surface area contributed by atoms with Crippen LogP contribution >= 0.6 is 0 Å². The van der Waals surface area contributed by atoms with Crippen molar-refractivity contribution in [3.8, 4) is 0 Å². The molecule has 21 heavy (non-hydrogen) atoms. The van der Waals surface area contributed by atoms with Gasteiger partial charge in [0.25, 0.3) is 0 Å². The standard InChI is InChI=1S/C15H17FN2O3/c1-15(14(17)21)7-8-18(9-15)13-10(5-6-12(19)20)3-2-4-11(13)16/h2-6H,7-9H2,1H3,(H2,17,21)(H,19,20)/b6-5+. The number of halogens is 1. The lowest BCUT2D eigenvalue weighted by Crippen LogP contribution is -2.37. The average molecular weight is 292 g/mol. The highest BCUT2D eigenvalue weighted by Crippen LogP contribution is 2.36. The topological polar surface area (TPSA) is 83.6 Å². The van der Waals surface area contributed by atoms with Gasteiger partial charge in [-0.2, -0.15) is 0 Å². The normalized spacial score (nSPS) is 21.9. The number of aliphatic carboxylic acids is 1. The van der Waals surface area contributed by atoms with Crippen LogP contribution in [-0.4, -0.2) is 30.1 Å². The first-order chi connectivity index (χ1) is 9.83. The summed E-state index contributed by atoms with van der Waals surface area (Å²) in [5.41, 5.74) is 5.47. The number of carbonyl (C=O) groups is 2. The van der Waals surface area contributed by atoms with Gasteiger partial charge in [-0.15, -0.1) is 0 Å². The summed E-state index contributed by atoms with van der Waals surface area (Å²) < 4.78 is 14.1. The molecule has 1 fully saturated rings. The van der Waals surface area contributed by atoms with Crippen LogP contribution in [0.3, 0.4) is 0 Å². The first kappa shape index (κ1) is 15.0. The summed E-state index contributed by atoms with van der Waals surface area (Å²) in [6, 6.07) is 4.47. The van der Waals surface area contributed by atoms with E-state index in [1.54, 1.807) is 17.9 Å². The smallest absolute Gasteiger partial charge is 0.328 e. The zero-order valence-corrected chi connectivity index (χ0v) is 11.7. The highest BCUT2D eigenvalue weighted by molar-refractivity contribution is 5.87. The molecule has 1 unspecified atom stereocenters. The maximum atomic E-state index is 14.1. The van der Waals surface area contributed by atoms with Crippen LogP contribution in [0.1, 0.15) is 18.9 Å². The minimum atomic E-state index is -1.10. The van der Waals surface area contributed by atoms with E-state index in [0.717, 1.165) is 6.08 Å². The fourth-order valence-electron chi connectivity index (χ4n) is 2.51. The van der Waals surface area contributed by atoms with E-state index in [1.165, 1.54) is 18.2 Å². The number of hydrogen-bond acceptors (Lipinski definition) is 3. The predicted molar refractivity (Wildman–Crippen MR) is 77.2 cm³/mol. The highest BCUT2D eigenvalue weighted by atomic mass is 19.1. The minimum Gasteiger partial charge on any atom is -0.478 e. The number of nitrogens with zero attached hydrogens (tertiary/aromatic N) is 1. The molecule has 1 aliphatic rings. The number of para-hydroxylation sites is 1. The van der Waals surface area contributed by atoms with E-state index >= 15 is 0 Å². The molecule has 0 aliphatic carbocycles. The summed E-state index contributed by atoms with van der Waals surface area (Å²) >= 11 is 0. The Morgan fingerprint density at radius 1 is 1.48 bits per heavy atom. The average Bonchev–Trinajstić information content (AvgIpc) is 2.80. The van der Waals surface area contributed by atoms with E-state index < -0.39 is 23.1 Å². The lowest BCUT2D eigenvalue weighted by atomic mass is 9.89. The SMILES string of the molecule is CC1(C(N)=O)CCN(c2c(F)cccc2/C=C/C(=O)O)C1. The first-order valence-corrected chi connectivity index (χ1v) is 6.58. The van der Waals surface area contributed by atoms with E-state index in [-0.39, 0.29) is 0 Å². The Kier molecular flexibility index (Phi) is 3.97.